The molecule has 11 heteroatoms. The summed E-state index contributed by atoms with van der Waals surface area (Å²) in [5.41, 5.74) is -10.3. The Hall–Kier alpha value is 0.850. The van der Waals surface area contributed by atoms with Crippen LogP contribution in [-0.4, -0.2) is 14.7 Å². The Morgan fingerprint density at radius 2 is 1.00 bits per heavy atom. The summed E-state index contributed by atoms with van der Waals surface area (Å²) in [6.07, 6.45) is 0. The van der Waals surface area contributed by atoms with Crippen molar-refractivity contribution in [2.24, 2.45) is 0 Å². The molecule has 0 N–H and O–H groups in total. The second-order valence-corrected chi connectivity index (χ2v) is 6.07. The van der Waals surface area contributed by atoms with Gasteiger partial charge in [-0.25, -0.2) is 4.39 Å². The van der Waals surface area contributed by atoms with E-state index in [2.05, 4.69) is 10.7 Å². The van der Waals surface area contributed by atoms with Crippen molar-refractivity contribution in [2.45, 2.75) is 14.7 Å². The highest BCUT2D eigenvalue weighted by Gasteiger charge is 2.52. The van der Waals surface area contributed by atoms with E-state index < -0.39 is 49.2 Å². The zero-order chi connectivity index (χ0) is 11.6. The topological polar surface area (TPSA) is 0 Å². The number of hydrogen-bond donors (Lipinski definition) is 0. The predicted molar refractivity (Wildman–Crippen MR) is 44.6 cm³/mol. The van der Waals surface area contributed by atoms with Gasteiger partial charge in [0.05, 0.1) is 0 Å². The maximum absolute atomic E-state index is 12.8. The Morgan fingerprint density at radius 1 is 0.714 bits per heavy atom. The van der Waals surface area contributed by atoms with Gasteiger partial charge in [0, 0.05) is 34.5 Å². The van der Waals surface area contributed by atoms with Crippen LogP contribution in [0.15, 0.2) is 0 Å². The van der Waals surface area contributed by atoms with Crippen molar-refractivity contribution in [1.82, 2.24) is 0 Å². The van der Waals surface area contributed by atoms with Gasteiger partial charge in [0.25, 0.3) is 3.66 Å². The molecular weight excluding hydrogens is 301 g/mol. The van der Waals surface area contributed by atoms with E-state index in [-0.39, 0.29) is 0 Å². The van der Waals surface area contributed by atoms with Crippen LogP contribution in [0.1, 0.15) is 0 Å². The molecule has 0 saturated carbocycles. The molecule has 0 aliphatic rings. The molecule has 0 heterocycles. The van der Waals surface area contributed by atoms with Crippen LogP contribution in [0.2, 0.25) is 0 Å². The first kappa shape index (κ1) is 14.8. The molecular formula is C3ClF7S3. The monoisotopic (exact) mass is 300 g/mol. The van der Waals surface area contributed by atoms with Crippen LogP contribution in [0, 0.1) is 0 Å². The summed E-state index contributed by atoms with van der Waals surface area (Å²) in [6, 6.07) is 0. The molecule has 0 unspecified atom stereocenters. The number of thioether (sulfide) groups is 2. The largest absolute Gasteiger partial charge is 0.446 e. The van der Waals surface area contributed by atoms with Crippen LogP contribution in [0.4, 0.5) is 30.7 Å². The van der Waals surface area contributed by atoms with E-state index in [1.165, 1.54) is 0 Å². The maximum atomic E-state index is 12.8. The molecule has 86 valence electrons. The average molecular weight is 301 g/mol. The molecule has 0 rings (SSSR count). The Labute approximate surface area is 90.8 Å². The SMILES string of the molecule is FC(F)(F)SC(F)(SCl)SC(F)(F)F. The van der Waals surface area contributed by atoms with Gasteiger partial charge in [-0.15, -0.1) is 0 Å². The molecule has 0 fully saturated rings. The lowest BCUT2D eigenvalue weighted by Crippen LogP contribution is -2.19. The van der Waals surface area contributed by atoms with Crippen LogP contribution in [0.25, 0.3) is 0 Å². The van der Waals surface area contributed by atoms with Gasteiger partial charge in [-0.05, 0) is 10.7 Å². The third-order valence-electron chi connectivity index (χ3n) is 0.567. The summed E-state index contributed by atoms with van der Waals surface area (Å²) in [7, 11) is 3.94. The second kappa shape index (κ2) is 4.79. The summed E-state index contributed by atoms with van der Waals surface area (Å²) in [5.74, 6) is 0. The number of hydrogen-bond acceptors (Lipinski definition) is 3. The molecule has 0 amide bonds. The molecule has 0 bridgehead atoms. The van der Waals surface area contributed by atoms with Crippen molar-refractivity contribution in [1.29, 1.82) is 0 Å². The third-order valence-corrected chi connectivity index (χ3v) is 4.39. The van der Waals surface area contributed by atoms with Gasteiger partial charge in [0.15, 0.2) is 0 Å². The smallest absolute Gasteiger partial charge is 0.205 e. The van der Waals surface area contributed by atoms with Crippen LogP contribution in [0.5, 0.6) is 0 Å². The van der Waals surface area contributed by atoms with Crippen LogP contribution in [0.3, 0.4) is 0 Å². The summed E-state index contributed by atoms with van der Waals surface area (Å²) >= 11 is -2.92. The normalized spacial score (nSPS) is 14.6. The minimum atomic E-state index is -5.13. The van der Waals surface area contributed by atoms with Crippen LogP contribution < -0.4 is 0 Å². The molecule has 0 aliphatic carbocycles. The van der Waals surface area contributed by atoms with Gasteiger partial charge >= 0.3 is 11.0 Å². The van der Waals surface area contributed by atoms with E-state index in [0.717, 1.165) is 0 Å². The van der Waals surface area contributed by atoms with Gasteiger partial charge in [0.2, 0.25) is 0 Å². The fourth-order valence-electron chi connectivity index (χ4n) is 0.329. The Morgan fingerprint density at radius 3 is 1.14 bits per heavy atom. The van der Waals surface area contributed by atoms with Crippen molar-refractivity contribution < 1.29 is 30.7 Å². The molecule has 0 aliphatic heterocycles. The lowest BCUT2D eigenvalue weighted by Gasteiger charge is -2.21. The molecule has 0 atom stereocenters. The minimum Gasteiger partial charge on any atom is -0.205 e. The Balaban J connectivity index is 4.49. The zero-order valence-electron chi connectivity index (χ0n) is 5.75. The predicted octanol–water partition coefficient (Wildman–Crippen LogP) is 4.96. The van der Waals surface area contributed by atoms with Crippen molar-refractivity contribution in [3.63, 3.8) is 0 Å². The minimum absolute atomic E-state index is 0.683. The molecule has 0 aromatic carbocycles. The first-order chi connectivity index (χ1) is 5.97. The molecule has 14 heavy (non-hydrogen) atoms. The van der Waals surface area contributed by atoms with Crippen molar-refractivity contribution in [3.8, 4) is 0 Å². The molecule has 0 aromatic rings. The van der Waals surface area contributed by atoms with Crippen LogP contribution >= 0.6 is 45.2 Å². The fraction of sp³-hybridized carbons (Fsp3) is 1.00. The average Bonchev–Trinajstić information content (AvgIpc) is 1.78. The van der Waals surface area contributed by atoms with Gasteiger partial charge in [0.1, 0.15) is 0 Å². The van der Waals surface area contributed by atoms with E-state index in [9.17, 15) is 30.7 Å². The second-order valence-electron chi connectivity index (χ2n) is 1.65. The molecule has 0 aromatic heterocycles. The van der Waals surface area contributed by atoms with E-state index in [4.69, 9.17) is 0 Å². The highest BCUT2D eigenvalue weighted by atomic mass is 35.7. The van der Waals surface area contributed by atoms with E-state index in [0.29, 0.717) is 0 Å². The summed E-state index contributed by atoms with van der Waals surface area (Å²) in [6.45, 7) is 0. The fourth-order valence-corrected chi connectivity index (χ4v) is 3.00. The quantitative estimate of drug-likeness (QED) is 0.534. The van der Waals surface area contributed by atoms with E-state index >= 15 is 0 Å². The standard InChI is InChI=1S/C3ClF7S3/c4-14-3(11,12-1(5,6)7)13-2(8,9)10. The zero-order valence-corrected chi connectivity index (χ0v) is 8.95. The first-order valence-corrected chi connectivity index (χ1v) is 5.77. The molecule has 0 radical (unpaired) electrons. The van der Waals surface area contributed by atoms with Gasteiger partial charge in [-0.2, -0.15) is 26.3 Å². The number of alkyl halides is 7. The van der Waals surface area contributed by atoms with E-state index in [1.807, 2.05) is 0 Å². The third kappa shape index (κ3) is 7.18. The summed E-state index contributed by atoms with van der Waals surface area (Å²) in [4.78, 5) is 0. The highest BCUT2D eigenvalue weighted by molar-refractivity contribution is 8.41. The molecule has 0 saturated heterocycles. The van der Waals surface area contributed by atoms with Crippen LogP contribution in [-0.2, 0) is 0 Å². The lowest BCUT2D eigenvalue weighted by atomic mass is 11.5. The first-order valence-electron chi connectivity index (χ1n) is 2.50. The lowest BCUT2D eigenvalue weighted by molar-refractivity contribution is -0.0363. The van der Waals surface area contributed by atoms with Crippen molar-refractivity contribution in [2.75, 3.05) is 0 Å². The summed E-state index contributed by atoms with van der Waals surface area (Å²) < 4.78 is 78.6. The van der Waals surface area contributed by atoms with Gasteiger partial charge in [-0.1, -0.05) is 0 Å². The van der Waals surface area contributed by atoms with Gasteiger partial charge < -0.3 is 0 Å². The van der Waals surface area contributed by atoms with Crippen molar-refractivity contribution >= 4 is 45.2 Å². The Bertz CT molecular complexity index is 172. The van der Waals surface area contributed by atoms with Crippen molar-refractivity contribution in [3.05, 3.63) is 0 Å². The van der Waals surface area contributed by atoms with Gasteiger partial charge in [-0.3, -0.25) is 0 Å². The molecule has 0 spiro atoms. The molecule has 0 nitrogen and oxygen atoms in total. The summed E-state index contributed by atoms with van der Waals surface area (Å²) in [5, 5.41) is 0. The highest BCUT2D eigenvalue weighted by Crippen LogP contribution is 2.60. The van der Waals surface area contributed by atoms with E-state index in [1.54, 1.807) is 0 Å². The Kier molecular flexibility index (Phi) is 5.08. The number of rotatable bonds is 3. The number of halogens is 8. The maximum Gasteiger partial charge on any atom is 0.446 e.